The van der Waals surface area contributed by atoms with E-state index in [9.17, 15) is 10.1 Å². The van der Waals surface area contributed by atoms with Crippen LogP contribution < -0.4 is 5.32 Å². The summed E-state index contributed by atoms with van der Waals surface area (Å²) in [6.07, 6.45) is 2.70. The normalized spacial score (nSPS) is 21.9. The highest BCUT2D eigenvalue weighted by Gasteiger charge is 2.28. The van der Waals surface area contributed by atoms with Gasteiger partial charge in [0.1, 0.15) is 0 Å². The molecule has 0 aliphatic carbocycles. The topological polar surface area (TPSA) is 67.5 Å². The van der Waals surface area contributed by atoms with E-state index in [2.05, 4.69) is 31.1 Å². The van der Waals surface area contributed by atoms with Gasteiger partial charge in [0, 0.05) is 29.8 Å². The zero-order chi connectivity index (χ0) is 14.0. The lowest BCUT2D eigenvalue weighted by molar-refractivity contribution is -0.384. The number of nitrogens with zero attached hydrogens (tertiary/aromatic N) is 2. The molecule has 1 unspecified atom stereocenters. The molecule has 1 N–H and O–H groups in total. The summed E-state index contributed by atoms with van der Waals surface area (Å²) < 4.78 is 0. The summed E-state index contributed by atoms with van der Waals surface area (Å²) in [5.74, 6) is 0. The van der Waals surface area contributed by atoms with E-state index in [1.807, 2.05) is 0 Å². The van der Waals surface area contributed by atoms with Gasteiger partial charge < -0.3 is 5.32 Å². The fraction of sp³-hybridized carbons (Fsp3) is 0.500. The fourth-order valence-electron chi connectivity index (χ4n) is 2.28. The van der Waals surface area contributed by atoms with Crippen molar-refractivity contribution in [3.8, 4) is 0 Å². The molecule has 5 nitrogen and oxygen atoms in total. The lowest BCUT2D eigenvalue weighted by atomic mass is 9.91. The summed E-state index contributed by atoms with van der Waals surface area (Å²) >= 11 is 0. The average molecular weight is 261 g/mol. The van der Waals surface area contributed by atoms with Crippen LogP contribution in [0.15, 0.2) is 23.2 Å². The molecule has 0 radical (unpaired) electrons. The number of nitro benzene ring substituents is 1. The minimum atomic E-state index is -0.374. The lowest BCUT2D eigenvalue weighted by Gasteiger charge is -2.29. The Morgan fingerprint density at radius 1 is 1.47 bits per heavy atom. The Balaban J connectivity index is 2.51. The van der Waals surface area contributed by atoms with Gasteiger partial charge in [-0.2, -0.15) is 0 Å². The molecule has 5 heteroatoms. The number of fused-ring (bicyclic) bond motifs is 1. The second-order valence-electron chi connectivity index (χ2n) is 5.21. The van der Waals surface area contributed by atoms with Crippen LogP contribution in [0, 0.1) is 10.1 Å². The maximum absolute atomic E-state index is 10.9. The molecule has 0 fully saturated rings. The smallest absolute Gasteiger partial charge is 0.271 e. The van der Waals surface area contributed by atoms with Crippen LogP contribution in [0.4, 0.5) is 17.1 Å². The molecular weight excluding hydrogens is 242 g/mol. The SMILES string of the molecule is CCC1=Nc2ccc([N+](=O)[O-])cc2NC(C)(CC)C1. The first kappa shape index (κ1) is 13.5. The van der Waals surface area contributed by atoms with Gasteiger partial charge in [-0.15, -0.1) is 0 Å². The first-order valence-corrected chi connectivity index (χ1v) is 6.60. The zero-order valence-electron chi connectivity index (χ0n) is 11.6. The minimum absolute atomic E-state index is 0.0971. The summed E-state index contributed by atoms with van der Waals surface area (Å²) in [7, 11) is 0. The number of aliphatic imine (C=N–C) groups is 1. The van der Waals surface area contributed by atoms with E-state index in [-0.39, 0.29) is 16.1 Å². The average Bonchev–Trinajstić information content (AvgIpc) is 2.53. The second kappa shape index (κ2) is 4.99. The molecule has 0 spiro atoms. The van der Waals surface area contributed by atoms with Crippen molar-refractivity contribution in [1.82, 2.24) is 0 Å². The van der Waals surface area contributed by atoms with E-state index in [1.165, 1.54) is 6.07 Å². The molecular formula is C14H19N3O2. The first-order valence-electron chi connectivity index (χ1n) is 6.60. The molecule has 2 rings (SSSR count). The molecule has 1 aliphatic heterocycles. The third-order valence-electron chi connectivity index (χ3n) is 3.69. The van der Waals surface area contributed by atoms with Gasteiger partial charge in [-0.3, -0.25) is 15.1 Å². The van der Waals surface area contributed by atoms with Crippen molar-refractivity contribution in [2.24, 2.45) is 4.99 Å². The summed E-state index contributed by atoms with van der Waals surface area (Å²) in [5.41, 5.74) is 2.67. The van der Waals surface area contributed by atoms with Crippen LogP contribution in [-0.4, -0.2) is 16.2 Å². The predicted molar refractivity (Wildman–Crippen MR) is 77.4 cm³/mol. The minimum Gasteiger partial charge on any atom is -0.378 e. The number of rotatable bonds is 3. The lowest BCUT2D eigenvalue weighted by Crippen LogP contribution is -2.35. The Morgan fingerprint density at radius 2 is 2.21 bits per heavy atom. The van der Waals surface area contributed by atoms with Crippen LogP contribution in [-0.2, 0) is 0 Å². The van der Waals surface area contributed by atoms with E-state index < -0.39 is 0 Å². The van der Waals surface area contributed by atoms with Crippen LogP contribution in [0.3, 0.4) is 0 Å². The third kappa shape index (κ3) is 2.75. The number of nitro groups is 1. The molecule has 102 valence electrons. The highest BCUT2D eigenvalue weighted by atomic mass is 16.6. The van der Waals surface area contributed by atoms with Crippen LogP contribution in [0.2, 0.25) is 0 Å². The van der Waals surface area contributed by atoms with Gasteiger partial charge in [-0.05, 0) is 25.8 Å². The number of hydrogen-bond donors (Lipinski definition) is 1. The Labute approximate surface area is 112 Å². The number of hydrogen-bond acceptors (Lipinski definition) is 4. The maximum Gasteiger partial charge on any atom is 0.271 e. The van der Waals surface area contributed by atoms with Gasteiger partial charge >= 0.3 is 0 Å². The largest absolute Gasteiger partial charge is 0.378 e. The number of nitrogens with one attached hydrogen (secondary N) is 1. The van der Waals surface area contributed by atoms with Gasteiger partial charge in [0.25, 0.3) is 5.69 Å². The van der Waals surface area contributed by atoms with Gasteiger partial charge in [-0.25, -0.2) is 0 Å². The van der Waals surface area contributed by atoms with Crippen LogP contribution in [0.25, 0.3) is 0 Å². The van der Waals surface area contributed by atoms with E-state index >= 15 is 0 Å². The first-order chi connectivity index (χ1) is 8.97. The molecule has 0 aromatic heterocycles. The molecule has 1 aliphatic rings. The quantitative estimate of drug-likeness (QED) is 0.659. The molecule has 0 saturated heterocycles. The summed E-state index contributed by atoms with van der Waals surface area (Å²) in [6.45, 7) is 6.33. The molecule has 0 amide bonds. The molecule has 0 saturated carbocycles. The van der Waals surface area contributed by atoms with Crippen molar-refractivity contribution in [2.45, 2.75) is 45.6 Å². The summed E-state index contributed by atoms with van der Waals surface area (Å²) in [6, 6.07) is 4.80. The van der Waals surface area contributed by atoms with Crippen molar-refractivity contribution >= 4 is 22.8 Å². The Hall–Kier alpha value is -1.91. The summed E-state index contributed by atoms with van der Waals surface area (Å²) in [4.78, 5) is 15.1. The van der Waals surface area contributed by atoms with Gasteiger partial charge in [0.2, 0.25) is 0 Å². The van der Waals surface area contributed by atoms with Crippen molar-refractivity contribution < 1.29 is 4.92 Å². The van der Waals surface area contributed by atoms with Gasteiger partial charge in [-0.1, -0.05) is 13.8 Å². The van der Waals surface area contributed by atoms with Crippen molar-refractivity contribution in [2.75, 3.05) is 5.32 Å². The molecule has 1 heterocycles. The highest BCUT2D eigenvalue weighted by Crippen LogP contribution is 2.36. The Bertz CT molecular complexity index is 539. The Kier molecular flexibility index (Phi) is 3.55. The number of anilines is 1. The van der Waals surface area contributed by atoms with Crippen LogP contribution >= 0.6 is 0 Å². The molecule has 1 aromatic carbocycles. The van der Waals surface area contributed by atoms with E-state index in [1.54, 1.807) is 12.1 Å². The second-order valence-corrected chi connectivity index (χ2v) is 5.21. The van der Waals surface area contributed by atoms with Crippen molar-refractivity contribution in [3.05, 3.63) is 28.3 Å². The molecule has 0 bridgehead atoms. The number of benzene rings is 1. The number of non-ortho nitro benzene ring substituents is 1. The zero-order valence-corrected chi connectivity index (χ0v) is 11.6. The van der Waals surface area contributed by atoms with E-state index in [4.69, 9.17) is 0 Å². The monoisotopic (exact) mass is 261 g/mol. The van der Waals surface area contributed by atoms with Gasteiger partial charge in [0.15, 0.2) is 0 Å². The summed E-state index contributed by atoms with van der Waals surface area (Å²) in [5, 5.41) is 14.3. The van der Waals surface area contributed by atoms with Crippen molar-refractivity contribution in [3.63, 3.8) is 0 Å². The molecule has 19 heavy (non-hydrogen) atoms. The van der Waals surface area contributed by atoms with E-state index in [0.29, 0.717) is 0 Å². The fourth-order valence-corrected chi connectivity index (χ4v) is 2.28. The highest BCUT2D eigenvalue weighted by molar-refractivity contribution is 5.91. The van der Waals surface area contributed by atoms with Gasteiger partial charge in [0.05, 0.1) is 16.3 Å². The maximum atomic E-state index is 10.9. The molecule has 1 aromatic rings. The van der Waals surface area contributed by atoms with Crippen LogP contribution in [0.1, 0.15) is 40.0 Å². The van der Waals surface area contributed by atoms with Crippen LogP contribution in [0.5, 0.6) is 0 Å². The van der Waals surface area contributed by atoms with E-state index in [0.717, 1.165) is 36.3 Å². The standard InChI is InChI=1S/C14H19N3O2/c1-4-10-9-14(3,5-2)16-13-8-11(17(18)19)6-7-12(13)15-10/h6-8,16H,4-5,9H2,1-3H3. The molecule has 1 atom stereocenters. The van der Waals surface area contributed by atoms with Crippen molar-refractivity contribution in [1.29, 1.82) is 0 Å². The third-order valence-corrected chi connectivity index (χ3v) is 3.69. The Morgan fingerprint density at radius 3 is 2.79 bits per heavy atom. The predicted octanol–water partition coefficient (Wildman–Crippen LogP) is 4.06.